The summed E-state index contributed by atoms with van der Waals surface area (Å²) in [6.45, 7) is 1.63. The molecule has 3 N–H and O–H groups in total. The number of carbonyl (C=O) groups is 1. The monoisotopic (exact) mass is 401 g/mol. The minimum atomic E-state index is -0.207. The molecule has 0 spiro atoms. The Morgan fingerprint density at radius 1 is 1.36 bits per heavy atom. The van der Waals surface area contributed by atoms with Gasteiger partial charge in [0.2, 0.25) is 5.88 Å². The normalized spacial score (nSPS) is 16.3. The molecule has 1 aliphatic heterocycles. The molecule has 3 aromatic rings. The van der Waals surface area contributed by atoms with Crippen LogP contribution in [0.3, 0.4) is 0 Å². The zero-order valence-corrected chi connectivity index (χ0v) is 16.0. The molecule has 9 heteroatoms. The SMILES string of the molecule is COc1cnc(-c2cc3[nH]c(CNC(=O)N[C@H]4CCOC4)cc3cc2Cl)cn1. The van der Waals surface area contributed by atoms with E-state index >= 15 is 0 Å². The molecule has 2 aromatic heterocycles. The molecule has 1 atom stereocenters. The Morgan fingerprint density at radius 2 is 2.25 bits per heavy atom. The third kappa shape index (κ3) is 4.02. The average molecular weight is 402 g/mol. The molecule has 1 fully saturated rings. The van der Waals surface area contributed by atoms with Crippen LogP contribution >= 0.6 is 11.6 Å². The minimum Gasteiger partial charge on any atom is -0.480 e. The fraction of sp³-hybridized carbons (Fsp3) is 0.316. The Balaban J connectivity index is 1.48. The first-order chi connectivity index (χ1) is 13.6. The van der Waals surface area contributed by atoms with Gasteiger partial charge in [-0.25, -0.2) is 14.8 Å². The van der Waals surface area contributed by atoms with Crippen LogP contribution in [0.15, 0.2) is 30.6 Å². The van der Waals surface area contributed by atoms with Gasteiger partial charge in [-0.05, 0) is 24.6 Å². The molecule has 146 valence electrons. The van der Waals surface area contributed by atoms with Crippen LogP contribution in [0.1, 0.15) is 12.1 Å². The number of hydrogen-bond acceptors (Lipinski definition) is 5. The van der Waals surface area contributed by atoms with Crippen LogP contribution in [0.4, 0.5) is 4.79 Å². The van der Waals surface area contributed by atoms with Crippen molar-refractivity contribution in [3.63, 3.8) is 0 Å². The number of ether oxygens (including phenoxy) is 2. The van der Waals surface area contributed by atoms with Gasteiger partial charge < -0.3 is 25.1 Å². The summed E-state index contributed by atoms with van der Waals surface area (Å²) < 4.78 is 10.3. The predicted octanol–water partition coefficient (Wildman–Crippen LogP) is 2.88. The van der Waals surface area contributed by atoms with E-state index in [4.69, 9.17) is 21.1 Å². The smallest absolute Gasteiger partial charge is 0.315 e. The first-order valence-electron chi connectivity index (χ1n) is 8.92. The highest BCUT2D eigenvalue weighted by atomic mass is 35.5. The van der Waals surface area contributed by atoms with Gasteiger partial charge in [0.25, 0.3) is 0 Å². The van der Waals surface area contributed by atoms with Crippen LogP contribution < -0.4 is 15.4 Å². The maximum atomic E-state index is 12.0. The van der Waals surface area contributed by atoms with Crippen LogP contribution in [0, 0.1) is 0 Å². The maximum Gasteiger partial charge on any atom is 0.315 e. The van der Waals surface area contributed by atoms with Crippen molar-refractivity contribution in [3.8, 4) is 17.1 Å². The maximum absolute atomic E-state index is 12.0. The van der Waals surface area contributed by atoms with Crippen molar-refractivity contribution >= 4 is 28.5 Å². The van der Waals surface area contributed by atoms with Crippen LogP contribution in [-0.4, -0.2) is 47.3 Å². The Bertz CT molecular complexity index is 983. The van der Waals surface area contributed by atoms with Crippen LogP contribution in [0.5, 0.6) is 5.88 Å². The quantitative estimate of drug-likeness (QED) is 0.610. The van der Waals surface area contributed by atoms with E-state index in [2.05, 4.69) is 25.6 Å². The molecular weight excluding hydrogens is 382 g/mol. The summed E-state index contributed by atoms with van der Waals surface area (Å²) in [6.07, 6.45) is 4.01. The number of nitrogens with one attached hydrogen (secondary N) is 3. The Kier molecular flexibility index (Phi) is 5.31. The van der Waals surface area contributed by atoms with Crippen LogP contribution in [0.2, 0.25) is 5.02 Å². The number of carbonyl (C=O) groups excluding carboxylic acids is 1. The Hall–Kier alpha value is -2.84. The first-order valence-corrected chi connectivity index (χ1v) is 9.30. The fourth-order valence-corrected chi connectivity index (χ4v) is 3.39. The number of amides is 2. The second-order valence-electron chi connectivity index (χ2n) is 6.55. The third-order valence-corrected chi connectivity index (χ3v) is 4.89. The van der Waals surface area contributed by atoms with Crippen LogP contribution in [0.25, 0.3) is 22.2 Å². The number of nitrogens with zero attached hydrogens (tertiary/aromatic N) is 2. The summed E-state index contributed by atoms with van der Waals surface area (Å²) in [7, 11) is 1.54. The molecule has 1 aromatic carbocycles. The summed E-state index contributed by atoms with van der Waals surface area (Å²) >= 11 is 6.44. The lowest BCUT2D eigenvalue weighted by atomic mass is 10.1. The van der Waals surface area contributed by atoms with Crippen molar-refractivity contribution in [2.75, 3.05) is 20.3 Å². The van der Waals surface area contributed by atoms with E-state index in [1.807, 2.05) is 18.2 Å². The molecule has 0 unspecified atom stereocenters. The summed E-state index contributed by atoms with van der Waals surface area (Å²) in [5.74, 6) is 0.441. The molecule has 3 heterocycles. The second-order valence-corrected chi connectivity index (χ2v) is 6.95. The topological polar surface area (TPSA) is 101 Å². The lowest BCUT2D eigenvalue weighted by Crippen LogP contribution is -2.42. The number of fused-ring (bicyclic) bond motifs is 1. The van der Waals surface area contributed by atoms with Crippen molar-refractivity contribution in [1.82, 2.24) is 25.6 Å². The summed E-state index contributed by atoms with van der Waals surface area (Å²) in [4.78, 5) is 23.8. The van der Waals surface area contributed by atoms with Gasteiger partial charge in [0.1, 0.15) is 0 Å². The lowest BCUT2D eigenvalue weighted by Gasteiger charge is -2.11. The summed E-state index contributed by atoms with van der Waals surface area (Å²) in [5.41, 5.74) is 3.20. The van der Waals surface area contributed by atoms with Crippen molar-refractivity contribution in [3.05, 3.63) is 41.3 Å². The van der Waals surface area contributed by atoms with E-state index in [9.17, 15) is 4.79 Å². The number of aromatic nitrogens is 3. The zero-order chi connectivity index (χ0) is 19.5. The highest BCUT2D eigenvalue weighted by Gasteiger charge is 2.17. The molecule has 1 saturated heterocycles. The van der Waals surface area contributed by atoms with E-state index < -0.39 is 0 Å². The van der Waals surface area contributed by atoms with Gasteiger partial charge in [-0.1, -0.05) is 11.6 Å². The molecule has 28 heavy (non-hydrogen) atoms. The van der Waals surface area contributed by atoms with E-state index in [0.717, 1.165) is 28.6 Å². The van der Waals surface area contributed by atoms with Gasteiger partial charge in [0, 0.05) is 28.8 Å². The predicted molar refractivity (Wildman–Crippen MR) is 105 cm³/mol. The number of urea groups is 1. The number of halogens is 1. The Morgan fingerprint density at radius 3 is 2.96 bits per heavy atom. The molecule has 0 radical (unpaired) electrons. The molecule has 4 rings (SSSR count). The van der Waals surface area contributed by atoms with Crippen LogP contribution in [-0.2, 0) is 11.3 Å². The van der Waals surface area contributed by atoms with Gasteiger partial charge in [-0.15, -0.1) is 0 Å². The minimum absolute atomic E-state index is 0.0784. The summed E-state index contributed by atoms with van der Waals surface area (Å²) in [5, 5.41) is 7.28. The fourth-order valence-electron chi connectivity index (χ4n) is 3.13. The van der Waals surface area contributed by atoms with Gasteiger partial charge in [0.15, 0.2) is 0 Å². The third-order valence-electron chi connectivity index (χ3n) is 4.58. The number of rotatable bonds is 5. The van der Waals surface area contributed by atoms with E-state index in [-0.39, 0.29) is 12.1 Å². The van der Waals surface area contributed by atoms with E-state index in [0.29, 0.717) is 36.4 Å². The molecule has 8 nitrogen and oxygen atoms in total. The number of hydrogen-bond donors (Lipinski definition) is 3. The summed E-state index contributed by atoms with van der Waals surface area (Å²) in [6, 6.07) is 5.63. The van der Waals surface area contributed by atoms with Gasteiger partial charge in [-0.2, -0.15) is 0 Å². The van der Waals surface area contributed by atoms with Crippen molar-refractivity contribution in [1.29, 1.82) is 0 Å². The zero-order valence-electron chi connectivity index (χ0n) is 15.3. The number of benzene rings is 1. The standard InChI is InChI=1S/C19H20ClN5O3/c1-27-18-9-21-17(8-22-18)14-6-16-11(5-15(14)20)4-13(24-16)7-23-19(26)25-12-2-3-28-10-12/h4-6,8-9,12,24H,2-3,7,10H2,1H3,(H2,23,25,26)/t12-/m0/s1. The number of H-pyrrole nitrogens is 1. The molecule has 0 saturated carbocycles. The van der Waals surface area contributed by atoms with Crippen molar-refractivity contribution < 1.29 is 14.3 Å². The molecule has 0 bridgehead atoms. The molecule has 1 aliphatic rings. The van der Waals surface area contributed by atoms with E-state index in [1.165, 1.54) is 0 Å². The van der Waals surface area contributed by atoms with Crippen molar-refractivity contribution in [2.45, 2.75) is 19.0 Å². The highest BCUT2D eigenvalue weighted by Crippen LogP contribution is 2.31. The van der Waals surface area contributed by atoms with Crippen molar-refractivity contribution in [2.24, 2.45) is 0 Å². The largest absolute Gasteiger partial charge is 0.480 e. The average Bonchev–Trinajstić information content (AvgIpc) is 3.35. The molecule has 2 amide bonds. The second kappa shape index (κ2) is 8.04. The number of methoxy groups -OCH3 is 1. The highest BCUT2D eigenvalue weighted by molar-refractivity contribution is 6.34. The molecule has 0 aliphatic carbocycles. The Labute approximate surface area is 166 Å². The molecular formula is C19H20ClN5O3. The number of aromatic amines is 1. The van der Waals surface area contributed by atoms with Gasteiger partial charge >= 0.3 is 6.03 Å². The van der Waals surface area contributed by atoms with E-state index in [1.54, 1.807) is 19.5 Å². The van der Waals surface area contributed by atoms with Gasteiger partial charge in [0.05, 0.1) is 49.4 Å². The van der Waals surface area contributed by atoms with Gasteiger partial charge in [-0.3, -0.25) is 0 Å². The first kappa shape index (κ1) is 18.5. The lowest BCUT2D eigenvalue weighted by molar-refractivity contribution is 0.188.